The van der Waals surface area contributed by atoms with Crippen molar-refractivity contribution < 1.29 is 13.9 Å². The van der Waals surface area contributed by atoms with Crippen molar-refractivity contribution in [2.24, 2.45) is 5.92 Å². The molecule has 1 N–H and O–H groups in total. The Balaban J connectivity index is 1.30. The summed E-state index contributed by atoms with van der Waals surface area (Å²) >= 11 is 1.67. The van der Waals surface area contributed by atoms with E-state index in [1.54, 1.807) is 23.5 Å². The largest absolute Gasteiger partial charge is 0.372 e. The minimum Gasteiger partial charge on any atom is -0.372 e. The summed E-state index contributed by atoms with van der Waals surface area (Å²) in [5, 5.41) is 6.10. The van der Waals surface area contributed by atoms with Gasteiger partial charge in [-0.1, -0.05) is 0 Å². The molecule has 0 radical (unpaired) electrons. The van der Waals surface area contributed by atoms with Gasteiger partial charge >= 0.3 is 0 Å². The number of carbonyl (C=O) groups excluding carboxylic acids is 1. The first kappa shape index (κ1) is 22.2. The van der Waals surface area contributed by atoms with Gasteiger partial charge in [0.25, 0.3) is 0 Å². The molecule has 2 aliphatic heterocycles. The topological polar surface area (TPSA) is 57.7 Å². The van der Waals surface area contributed by atoms with Crippen molar-refractivity contribution in [2.45, 2.75) is 52.4 Å². The molecule has 0 aliphatic carbocycles. The van der Waals surface area contributed by atoms with E-state index >= 15 is 0 Å². The molecule has 6 nitrogen and oxygen atoms in total. The van der Waals surface area contributed by atoms with Crippen LogP contribution in [0.1, 0.15) is 37.4 Å². The average molecular weight is 447 g/mol. The number of piperidine rings is 1. The smallest absolute Gasteiger partial charge is 0.227 e. The van der Waals surface area contributed by atoms with Gasteiger partial charge in [0.15, 0.2) is 0 Å². The standard InChI is InChI=1S/C23H31FN4O2S/c1-15-11-28(12-16(2)30-15)22-5-4-19(10-21(22)24)26-23(29)18-6-8-27(9-7-18)13-20-14-31-17(3)25-20/h4-5,10,14-16,18H,6-9,11-13H2,1-3H3,(H,26,29). The summed E-state index contributed by atoms with van der Waals surface area (Å²) in [6.07, 6.45) is 1.74. The fourth-order valence-corrected chi connectivity index (χ4v) is 5.13. The fraction of sp³-hybridized carbons (Fsp3) is 0.565. The van der Waals surface area contributed by atoms with E-state index < -0.39 is 0 Å². The zero-order valence-corrected chi connectivity index (χ0v) is 19.3. The summed E-state index contributed by atoms with van der Waals surface area (Å²) in [7, 11) is 0. The van der Waals surface area contributed by atoms with Gasteiger partial charge in [0.1, 0.15) is 5.82 Å². The monoisotopic (exact) mass is 446 g/mol. The van der Waals surface area contributed by atoms with Crippen molar-refractivity contribution in [2.75, 3.05) is 36.4 Å². The predicted octanol–water partition coefficient (Wildman–Crippen LogP) is 4.05. The number of aromatic nitrogens is 1. The van der Waals surface area contributed by atoms with Crippen LogP contribution in [0.2, 0.25) is 0 Å². The first-order valence-electron chi connectivity index (χ1n) is 11.0. The maximum atomic E-state index is 14.8. The second-order valence-electron chi connectivity index (χ2n) is 8.73. The Labute approximate surface area is 187 Å². The zero-order chi connectivity index (χ0) is 22.0. The minimum atomic E-state index is -0.313. The fourth-order valence-electron chi connectivity index (χ4n) is 4.52. The number of likely N-dealkylation sites (tertiary alicyclic amines) is 1. The van der Waals surface area contributed by atoms with Crippen molar-refractivity contribution in [1.29, 1.82) is 0 Å². The normalized spacial score (nSPS) is 23.2. The number of morpholine rings is 1. The molecule has 0 saturated carbocycles. The highest BCUT2D eigenvalue weighted by atomic mass is 32.1. The van der Waals surface area contributed by atoms with E-state index in [1.165, 1.54) is 6.07 Å². The summed E-state index contributed by atoms with van der Waals surface area (Å²) in [6, 6.07) is 4.98. The number of halogens is 1. The van der Waals surface area contributed by atoms with E-state index in [0.717, 1.165) is 43.2 Å². The van der Waals surface area contributed by atoms with Gasteiger partial charge in [0.05, 0.1) is 28.6 Å². The Hall–Kier alpha value is -2.03. The first-order valence-corrected chi connectivity index (χ1v) is 11.9. The molecule has 2 atom stereocenters. The lowest BCUT2D eigenvalue weighted by Crippen LogP contribution is -2.45. The number of benzene rings is 1. The Morgan fingerprint density at radius 2 is 1.97 bits per heavy atom. The summed E-state index contributed by atoms with van der Waals surface area (Å²) in [6.45, 7) is 9.91. The molecule has 1 amide bonds. The third kappa shape index (κ3) is 5.61. The lowest BCUT2D eigenvalue weighted by molar-refractivity contribution is -0.121. The van der Waals surface area contributed by atoms with E-state index in [0.29, 0.717) is 24.5 Å². The maximum Gasteiger partial charge on any atom is 0.227 e. The molecule has 2 unspecified atom stereocenters. The van der Waals surface area contributed by atoms with Gasteiger partial charge in [-0.3, -0.25) is 9.69 Å². The van der Waals surface area contributed by atoms with E-state index in [4.69, 9.17) is 4.74 Å². The molecule has 1 aromatic heterocycles. The quantitative estimate of drug-likeness (QED) is 0.751. The molecule has 2 aromatic rings. The second-order valence-corrected chi connectivity index (χ2v) is 9.79. The molecule has 168 valence electrons. The van der Waals surface area contributed by atoms with Gasteiger partial charge < -0.3 is 15.0 Å². The highest BCUT2D eigenvalue weighted by Gasteiger charge is 2.27. The summed E-state index contributed by atoms with van der Waals surface area (Å²) in [4.78, 5) is 21.6. The number of hydrogen-bond acceptors (Lipinski definition) is 6. The Kier molecular flexibility index (Phi) is 6.89. The molecular formula is C23H31FN4O2S. The average Bonchev–Trinajstić information content (AvgIpc) is 3.12. The predicted molar refractivity (Wildman–Crippen MR) is 122 cm³/mol. The van der Waals surface area contributed by atoms with Crippen LogP contribution in [0.3, 0.4) is 0 Å². The Bertz CT molecular complexity index is 903. The van der Waals surface area contributed by atoms with Crippen LogP contribution in [0.5, 0.6) is 0 Å². The number of thiazole rings is 1. The summed E-state index contributed by atoms with van der Waals surface area (Å²) < 4.78 is 20.5. The lowest BCUT2D eigenvalue weighted by atomic mass is 9.95. The molecule has 2 saturated heterocycles. The number of nitrogens with zero attached hydrogens (tertiary/aromatic N) is 3. The number of aryl methyl sites for hydroxylation is 1. The molecule has 1 aromatic carbocycles. The van der Waals surface area contributed by atoms with Crippen LogP contribution in [0, 0.1) is 18.7 Å². The molecule has 4 rings (SSSR count). The lowest BCUT2D eigenvalue weighted by Gasteiger charge is -2.37. The third-order valence-corrected chi connectivity index (χ3v) is 6.81. The number of amides is 1. The van der Waals surface area contributed by atoms with Crippen LogP contribution in [0.15, 0.2) is 23.6 Å². The van der Waals surface area contributed by atoms with Crippen molar-refractivity contribution in [3.8, 4) is 0 Å². The van der Waals surface area contributed by atoms with Gasteiger partial charge in [-0.25, -0.2) is 9.37 Å². The molecule has 2 fully saturated rings. The molecule has 3 heterocycles. The van der Waals surface area contributed by atoms with Crippen molar-refractivity contribution in [1.82, 2.24) is 9.88 Å². The van der Waals surface area contributed by atoms with Crippen molar-refractivity contribution in [3.05, 3.63) is 40.1 Å². The molecule has 0 bridgehead atoms. The van der Waals surface area contributed by atoms with Crippen LogP contribution >= 0.6 is 11.3 Å². The molecule has 31 heavy (non-hydrogen) atoms. The number of ether oxygens (including phenoxy) is 1. The van der Waals surface area contributed by atoms with Crippen LogP contribution in [0.4, 0.5) is 15.8 Å². The summed E-state index contributed by atoms with van der Waals surface area (Å²) in [5.74, 6) is -0.380. The van der Waals surface area contributed by atoms with Crippen LogP contribution in [-0.2, 0) is 16.1 Å². The van der Waals surface area contributed by atoms with E-state index in [2.05, 4.69) is 20.6 Å². The molecule has 8 heteroatoms. The molecule has 2 aliphatic rings. The van der Waals surface area contributed by atoms with E-state index in [-0.39, 0.29) is 29.9 Å². The van der Waals surface area contributed by atoms with Gasteiger partial charge in [0.2, 0.25) is 5.91 Å². The maximum absolute atomic E-state index is 14.8. The van der Waals surface area contributed by atoms with Gasteiger partial charge in [-0.2, -0.15) is 0 Å². The second kappa shape index (κ2) is 9.63. The number of anilines is 2. The Morgan fingerprint density at radius 1 is 1.26 bits per heavy atom. The minimum absolute atomic E-state index is 0.0232. The number of nitrogens with one attached hydrogen (secondary N) is 1. The summed E-state index contributed by atoms with van der Waals surface area (Å²) in [5.41, 5.74) is 2.18. The molecular weight excluding hydrogens is 415 g/mol. The SMILES string of the molecule is Cc1nc(CN2CCC(C(=O)Nc3ccc(N4CC(C)OC(C)C4)c(F)c3)CC2)cs1. The van der Waals surface area contributed by atoms with Crippen LogP contribution in [-0.4, -0.2) is 54.2 Å². The zero-order valence-electron chi connectivity index (χ0n) is 18.4. The van der Waals surface area contributed by atoms with Crippen LogP contribution in [0.25, 0.3) is 0 Å². The third-order valence-electron chi connectivity index (χ3n) is 5.99. The van der Waals surface area contributed by atoms with Crippen molar-refractivity contribution >= 4 is 28.6 Å². The first-order chi connectivity index (χ1) is 14.9. The van der Waals surface area contributed by atoms with Gasteiger partial charge in [-0.15, -0.1) is 11.3 Å². The number of carbonyl (C=O) groups is 1. The van der Waals surface area contributed by atoms with E-state index in [9.17, 15) is 9.18 Å². The number of rotatable bonds is 5. The van der Waals surface area contributed by atoms with Crippen molar-refractivity contribution in [3.63, 3.8) is 0 Å². The van der Waals surface area contributed by atoms with Crippen LogP contribution < -0.4 is 10.2 Å². The highest BCUT2D eigenvalue weighted by Crippen LogP contribution is 2.27. The molecule has 0 spiro atoms. The Morgan fingerprint density at radius 3 is 2.58 bits per heavy atom. The number of hydrogen-bond donors (Lipinski definition) is 1. The van der Waals surface area contributed by atoms with E-state index in [1.807, 2.05) is 25.7 Å². The van der Waals surface area contributed by atoms with Gasteiger partial charge in [-0.05, 0) is 64.9 Å². The van der Waals surface area contributed by atoms with Gasteiger partial charge in [0, 0.05) is 36.6 Å². The highest BCUT2D eigenvalue weighted by molar-refractivity contribution is 7.09.